The maximum Gasteiger partial charge on any atom is 0.417 e. The van der Waals surface area contributed by atoms with Crippen LogP contribution in [0.25, 0.3) is 11.1 Å². The molecule has 4 N–H and O–H groups in total. The summed E-state index contributed by atoms with van der Waals surface area (Å²) < 4.78 is 5.05. The molecule has 0 saturated heterocycles. The van der Waals surface area contributed by atoms with Gasteiger partial charge in [-0.1, -0.05) is 6.07 Å². The second-order valence-corrected chi connectivity index (χ2v) is 5.48. The van der Waals surface area contributed by atoms with Gasteiger partial charge in [-0.3, -0.25) is 4.98 Å². The van der Waals surface area contributed by atoms with E-state index in [0.29, 0.717) is 11.0 Å². The lowest BCUT2D eigenvalue weighted by molar-refractivity contribution is 0.470. The number of benzene rings is 1. The van der Waals surface area contributed by atoms with E-state index < -0.39 is 5.76 Å². The van der Waals surface area contributed by atoms with Gasteiger partial charge in [-0.2, -0.15) is 0 Å². The van der Waals surface area contributed by atoms with Crippen LogP contribution in [0.5, 0.6) is 0 Å². The number of hydrogen-bond donors (Lipinski definition) is 3. The third-order valence-electron chi connectivity index (χ3n) is 3.97. The predicted octanol–water partition coefficient (Wildman–Crippen LogP) is 0.992. The summed E-state index contributed by atoms with van der Waals surface area (Å²) in [5, 5.41) is 3.46. The number of fused-ring (bicyclic) bond motifs is 1. The zero-order chi connectivity index (χ0) is 13.3. The van der Waals surface area contributed by atoms with E-state index in [0.717, 1.165) is 31.6 Å². The van der Waals surface area contributed by atoms with Crippen LogP contribution >= 0.6 is 0 Å². The lowest BCUT2D eigenvalue weighted by Crippen LogP contribution is -2.30. The number of aromatic nitrogens is 1. The van der Waals surface area contributed by atoms with Crippen molar-refractivity contribution in [2.45, 2.75) is 19.3 Å². The summed E-state index contributed by atoms with van der Waals surface area (Å²) in [5.41, 5.74) is 8.66. The van der Waals surface area contributed by atoms with E-state index in [1.165, 1.54) is 18.4 Å². The van der Waals surface area contributed by atoms with E-state index in [1.807, 2.05) is 18.2 Å². The van der Waals surface area contributed by atoms with Crippen molar-refractivity contribution in [3.63, 3.8) is 0 Å². The van der Waals surface area contributed by atoms with E-state index >= 15 is 0 Å². The molecule has 0 spiro atoms. The lowest BCUT2D eigenvalue weighted by Gasteiger charge is -2.13. The molecule has 0 unspecified atom stereocenters. The molecular formula is C14H19N3O2. The lowest BCUT2D eigenvalue weighted by atomic mass is 10.1. The third-order valence-corrected chi connectivity index (χ3v) is 3.97. The molecule has 1 heterocycles. The fraction of sp³-hybridized carbons (Fsp3) is 0.500. The largest absolute Gasteiger partial charge is 0.417 e. The summed E-state index contributed by atoms with van der Waals surface area (Å²) in [5.74, 6) is -0.399. The number of nitrogens with two attached hydrogens (primary N) is 1. The van der Waals surface area contributed by atoms with Gasteiger partial charge in [0.25, 0.3) is 0 Å². The average molecular weight is 261 g/mol. The van der Waals surface area contributed by atoms with Gasteiger partial charge >= 0.3 is 5.76 Å². The van der Waals surface area contributed by atoms with Crippen LogP contribution in [-0.2, 0) is 6.42 Å². The van der Waals surface area contributed by atoms with Gasteiger partial charge in [-0.15, -0.1) is 0 Å². The van der Waals surface area contributed by atoms with E-state index in [2.05, 4.69) is 10.3 Å². The van der Waals surface area contributed by atoms with Crippen LogP contribution in [0.1, 0.15) is 18.4 Å². The molecule has 19 heavy (non-hydrogen) atoms. The molecule has 1 saturated carbocycles. The molecule has 0 atom stereocenters. The van der Waals surface area contributed by atoms with E-state index in [-0.39, 0.29) is 0 Å². The molecular weight excluding hydrogens is 242 g/mol. The number of hydrogen-bond acceptors (Lipinski definition) is 4. The summed E-state index contributed by atoms with van der Waals surface area (Å²) in [6, 6.07) is 5.83. The van der Waals surface area contributed by atoms with Crippen LogP contribution in [-0.4, -0.2) is 24.6 Å². The van der Waals surface area contributed by atoms with Crippen molar-refractivity contribution in [3.8, 4) is 0 Å². The maximum absolute atomic E-state index is 11.1. The number of nitrogens with one attached hydrogen (secondary N) is 2. The van der Waals surface area contributed by atoms with Crippen molar-refractivity contribution in [1.29, 1.82) is 0 Å². The minimum Gasteiger partial charge on any atom is -0.408 e. The highest BCUT2D eigenvalue weighted by atomic mass is 16.4. The molecule has 5 nitrogen and oxygen atoms in total. The van der Waals surface area contributed by atoms with Crippen LogP contribution in [0.2, 0.25) is 0 Å². The smallest absolute Gasteiger partial charge is 0.408 e. The number of oxazole rings is 1. The van der Waals surface area contributed by atoms with Crippen molar-refractivity contribution < 1.29 is 4.42 Å². The van der Waals surface area contributed by atoms with Crippen LogP contribution in [0.4, 0.5) is 0 Å². The zero-order valence-electron chi connectivity index (χ0n) is 10.9. The summed E-state index contributed by atoms with van der Waals surface area (Å²) >= 11 is 0. The third kappa shape index (κ3) is 2.72. The van der Waals surface area contributed by atoms with Gasteiger partial charge in [0.15, 0.2) is 5.58 Å². The Morgan fingerprint density at radius 3 is 3.00 bits per heavy atom. The highest BCUT2D eigenvalue weighted by Crippen LogP contribution is 2.43. The van der Waals surface area contributed by atoms with Crippen molar-refractivity contribution in [2.75, 3.05) is 19.6 Å². The summed E-state index contributed by atoms with van der Waals surface area (Å²) in [7, 11) is 0. The Morgan fingerprint density at radius 1 is 1.42 bits per heavy atom. The fourth-order valence-electron chi connectivity index (χ4n) is 2.36. The van der Waals surface area contributed by atoms with Crippen LogP contribution in [0.15, 0.2) is 27.4 Å². The van der Waals surface area contributed by atoms with Crippen molar-refractivity contribution in [1.82, 2.24) is 10.3 Å². The molecule has 0 bridgehead atoms. The Balaban J connectivity index is 1.55. The summed E-state index contributed by atoms with van der Waals surface area (Å²) in [4.78, 5) is 13.7. The van der Waals surface area contributed by atoms with Gasteiger partial charge in [-0.25, -0.2) is 4.79 Å². The molecule has 1 fully saturated rings. The Morgan fingerprint density at radius 2 is 2.26 bits per heavy atom. The molecule has 5 heteroatoms. The Labute approximate surface area is 111 Å². The van der Waals surface area contributed by atoms with E-state index in [9.17, 15) is 4.79 Å². The summed E-state index contributed by atoms with van der Waals surface area (Å²) in [6.07, 6.45) is 3.42. The minimum absolute atomic E-state index is 0.372. The van der Waals surface area contributed by atoms with Gasteiger partial charge in [0.1, 0.15) is 0 Å². The first-order valence-corrected chi connectivity index (χ1v) is 6.73. The standard InChI is InChI=1S/C14H19N3O2/c15-8-14(4-5-14)9-16-6-3-10-1-2-11-12(7-10)19-13(18)17-11/h1-2,7,16H,3-6,8-9,15H2,(H,17,18). The number of aromatic amines is 1. The molecule has 1 aliphatic carbocycles. The first kappa shape index (κ1) is 12.4. The highest BCUT2D eigenvalue weighted by Gasteiger charge is 2.40. The molecule has 3 rings (SSSR count). The van der Waals surface area contributed by atoms with Gasteiger partial charge in [0, 0.05) is 6.54 Å². The fourth-order valence-corrected chi connectivity index (χ4v) is 2.36. The first-order valence-electron chi connectivity index (χ1n) is 6.73. The highest BCUT2D eigenvalue weighted by molar-refractivity contribution is 5.72. The number of H-pyrrole nitrogens is 1. The Kier molecular flexibility index (Phi) is 3.16. The van der Waals surface area contributed by atoms with Crippen molar-refractivity contribution in [2.24, 2.45) is 11.1 Å². The maximum atomic E-state index is 11.1. The van der Waals surface area contributed by atoms with Gasteiger partial charge in [0.05, 0.1) is 5.52 Å². The van der Waals surface area contributed by atoms with Gasteiger partial charge in [-0.05, 0) is 55.5 Å². The van der Waals surface area contributed by atoms with Crippen molar-refractivity contribution >= 4 is 11.1 Å². The average Bonchev–Trinajstić information content (AvgIpc) is 3.09. The molecule has 1 aromatic heterocycles. The van der Waals surface area contributed by atoms with Crippen LogP contribution in [0.3, 0.4) is 0 Å². The molecule has 102 valence electrons. The molecule has 1 aromatic carbocycles. The topological polar surface area (TPSA) is 84.0 Å². The molecule has 0 amide bonds. The zero-order valence-corrected chi connectivity index (χ0v) is 10.9. The van der Waals surface area contributed by atoms with E-state index in [1.54, 1.807) is 0 Å². The second kappa shape index (κ2) is 4.83. The van der Waals surface area contributed by atoms with Crippen LogP contribution < -0.4 is 16.8 Å². The quantitative estimate of drug-likeness (QED) is 0.677. The normalized spacial score (nSPS) is 16.9. The van der Waals surface area contributed by atoms with Crippen LogP contribution in [0, 0.1) is 5.41 Å². The molecule has 2 aromatic rings. The number of rotatable bonds is 6. The molecule has 0 aliphatic heterocycles. The van der Waals surface area contributed by atoms with Gasteiger partial charge < -0.3 is 15.5 Å². The Bertz CT molecular complexity index is 625. The molecule has 1 aliphatic rings. The summed E-state index contributed by atoms with van der Waals surface area (Å²) in [6.45, 7) is 2.70. The predicted molar refractivity (Wildman–Crippen MR) is 74.1 cm³/mol. The second-order valence-electron chi connectivity index (χ2n) is 5.48. The van der Waals surface area contributed by atoms with Crippen molar-refractivity contribution in [3.05, 3.63) is 34.3 Å². The first-order chi connectivity index (χ1) is 9.21. The van der Waals surface area contributed by atoms with E-state index in [4.69, 9.17) is 10.2 Å². The Hall–Kier alpha value is -1.59. The van der Waals surface area contributed by atoms with Gasteiger partial charge in [0.2, 0.25) is 0 Å². The SMILES string of the molecule is NCC1(CNCCc2ccc3[nH]c(=O)oc3c2)CC1. The minimum atomic E-state index is -0.399. The molecule has 0 radical (unpaired) electrons. The monoisotopic (exact) mass is 261 g/mol.